The normalized spacial score (nSPS) is 29.8. The standard InChI is InChI=1S/C14H27NO/c1-13(2,3)15-11-12-7-10-14(16-12)8-5-4-6-9-14/h12,15H,4-11H2,1-3H3. The van der Waals surface area contributed by atoms with Gasteiger partial charge in [0.05, 0.1) is 11.7 Å². The average Bonchev–Trinajstić information content (AvgIpc) is 2.59. The van der Waals surface area contributed by atoms with E-state index in [1.165, 1.54) is 44.9 Å². The lowest BCUT2D eigenvalue weighted by Crippen LogP contribution is -2.42. The molecular formula is C14H27NO. The molecule has 0 aromatic heterocycles. The van der Waals surface area contributed by atoms with Crippen LogP contribution in [0.3, 0.4) is 0 Å². The summed E-state index contributed by atoms with van der Waals surface area (Å²) < 4.78 is 6.32. The molecule has 1 heterocycles. The zero-order valence-corrected chi connectivity index (χ0v) is 11.1. The highest BCUT2D eigenvalue weighted by Crippen LogP contribution is 2.41. The van der Waals surface area contributed by atoms with Crippen molar-refractivity contribution < 1.29 is 4.74 Å². The molecule has 2 fully saturated rings. The van der Waals surface area contributed by atoms with Crippen molar-refractivity contribution in [2.24, 2.45) is 0 Å². The summed E-state index contributed by atoms with van der Waals surface area (Å²) in [5.41, 5.74) is 0.494. The third kappa shape index (κ3) is 3.21. The quantitative estimate of drug-likeness (QED) is 0.779. The van der Waals surface area contributed by atoms with Crippen LogP contribution < -0.4 is 5.32 Å². The molecule has 0 radical (unpaired) electrons. The Hall–Kier alpha value is -0.0800. The predicted octanol–water partition coefficient (Wildman–Crippen LogP) is 3.26. The molecule has 2 aliphatic rings. The Bertz CT molecular complexity index is 225. The third-order valence-electron chi connectivity index (χ3n) is 3.96. The topological polar surface area (TPSA) is 21.3 Å². The fourth-order valence-corrected chi connectivity index (χ4v) is 3.02. The molecular weight excluding hydrogens is 198 g/mol. The van der Waals surface area contributed by atoms with Crippen LogP contribution in [-0.2, 0) is 4.74 Å². The molecule has 94 valence electrons. The van der Waals surface area contributed by atoms with Gasteiger partial charge in [0.25, 0.3) is 0 Å². The van der Waals surface area contributed by atoms with Gasteiger partial charge in [0.1, 0.15) is 0 Å². The van der Waals surface area contributed by atoms with Crippen molar-refractivity contribution in [1.82, 2.24) is 5.32 Å². The highest BCUT2D eigenvalue weighted by atomic mass is 16.5. The monoisotopic (exact) mass is 225 g/mol. The number of hydrogen-bond acceptors (Lipinski definition) is 2. The summed E-state index contributed by atoms with van der Waals surface area (Å²) in [6.07, 6.45) is 9.77. The molecule has 1 spiro atoms. The molecule has 2 heteroatoms. The van der Waals surface area contributed by atoms with Gasteiger partial charge in [-0.1, -0.05) is 19.3 Å². The first-order chi connectivity index (χ1) is 7.49. The molecule has 2 nitrogen and oxygen atoms in total. The first-order valence-corrected chi connectivity index (χ1v) is 6.92. The molecule has 1 unspecified atom stereocenters. The van der Waals surface area contributed by atoms with Gasteiger partial charge in [-0.25, -0.2) is 0 Å². The van der Waals surface area contributed by atoms with Crippen molar-refractivity contribution in [2.75, 3.05) is 6.54 Å². The third-order valence-corrected chi connectivity index (χ3v) is 3.96. The van der Waals surface area contributed by atoms with Gasteiger partial charge >= 0.3 is 0 Å². The number of nitrogens with one attached hydrogen (secondary N) is 1. The van der Waals surface area contributed by atoms with Crippen LogP contribution in [0.25, 0.3) is 0 Å². The second kappa shape index (κ2) is 4.66. The number of ether oxygens (including phenoxy) is 1. The van der Waals surface area contributed by atoms with E-state index in [-0.39, 0.29) is 11.1 Å². The summed E-state index contributed by atoms with van der Waals surface area (Å²) in [6.45, 7) is 7.68. The summed E-state index contributed by atoms with van der Waals surface area (Å²) in [5.74, 6) is 0. The van der Waals surface area contributed by atoms with E-state index in [4.69, 9.17) is 4.74 Å². The highest BCUT2D eigenvalue weighted by Gasteiger charge is 2.40. The van der Waals surface area contributed by atoms with E-state index in [0.29, 0.717) is 6.10 Å². The maximum Gasteiger partial charge on any atom is 0.0708 e. The lowest BCUT2D eigenvalue weighted by molar-refractivity contribution is -0.0636. The maximum absolute atomic E-state index is 6.32. The van der Waals surface area contributed by atoms with Crippen LogP contribution >= 0.6 is 0 Å². The van der Waals surface area contributed by atoms with Crippen LogP contribution in [0.5, 0.6) is 0 Å². The Morgan fingerprint density at radius 1 is 1.12 bits per heavy atom. The lowest BCUT2D eigenvalue weighted by Gasteiger charge is -2.34. The summed E-state index contributed by atoms with van der Waals surface area (Å²) in [6, 6.07) is 0. The van der Waals surface area contributed by atoms with Crippen LogP contribution in [0.2, 0.25) is 0 Å². The van der Waals surface area contributed by atoms with Gasteiger partial charge in [0.15, 0.2) is 0 Å². The van der Waals surface area contributed by atoms with Crippen LogP contribution in [0.15, 0.2) is 0 Å². The zero-order chi connectivity index (χ0) is 11.6. The van der Waals surface area contributed by atoms with E-state index < -0.39 is 0 Å². The van der Waals surface area contributed by atoms with Gasteiger partial charge in [-0.15, -0.1) is 0 Å². The van der Waals surface area contributed by atoms with Gasteiger partial charge in [-0.05, 0) is 46.5 Å². The lowest BCUT2D eigenvalue weighted by atomic mass is 9.83. The second-order valence-electron chi connectivity index (χ2n) is 6.65. The Balaban J connectivity index is 1.79. The maximum atomic E-state index is 6.32. The van der Waals surface area contributed by atoms with Gasteiger partial charge in [0, 0.05) is 12.1 Å². The largest absolute Gasteiger partial charge is 0.370 e. The van der Waals surface area contributed by atoms with Crippen molar-refractivity contribution in [3.05, 3.63) is 0 Å². The van der Waals surface area contributed by atoms with Gasteiger partial charge in [-0.3, -0.25) is 0 Å². The fourth-order valence-electron chi connectivity index (χ4n) is 3.02. The minimum absolute atomic E-state index is 0.214. The van der Waals surface area contributed by atoms with Crippen LogP contribution in [0.4, 0.5) is 0 Å². The van der Waals surface area contributed by atoms with Crippen molar-refractivity contribution in [3.63, 3.8) is 0 Å². The first kappa shape index (κ1) is 12.4. The molecule has 1 atom stereocenters. The molecule has 1 aliphatic carbocycles. The van der Waals surface area contributed by atoms with E-state index in [2.05, 4.69) is 26.1 Å². The SMILES string of the molecule is CC(C)(C)NCC1CCC2(CCCCC2)O1. The molecule has 1 saturated heterocycles. The van der Waals surface area contributed by atoms with E-state index in [1.807, 2.05) is 0 Å². The van der Waals surface area contributed by atoms with Crippen LogP contribution in [0.1, 0.15) is 65.7 Å². The second-order valence-corrected chi connectivity index (χ2v) is 6.65. The molecule has 2 rings (SSSR count). The van der Waals surface area contributed by atoms with Crippen molar-refractivity contribution in [2.45, 2.75) is 83.0 Å². The summed E-state index contributed by atoms with van der Waals surface area (Å²) >= 11 is 0. The molecule has 1 N–H and O–H groups in total. The predicted molar refractivity (Wildman–Crippen MR) is 67.7 cm³/mol. The van der Waals surface area contributed by atoms with Gasteiger partial charge < -0.3 is 10.1 Å². The van der Waals surface area contributed by atoms with E-state index >= 15 is 0 Å². The van der Waals surface area contributed by atoms with Gasteiger partial charge in [0.2, 0.25) is 0 Å². The molecule has 0 aromatic rings. The molecule has 1 saturated carbocycles. The Kier molecular flexibility index (Phi) is 3.60. The molecule has 0 bridgehead atoms. The molecule has 0 aromatic carbocycles. The summed E-state index contributed by atoms with van der Waals surface area (Å²) in [5, 5.41) is 3.56. The Morgan fingerprint density at radius 3 is 2.44 bits per heavy atom. The van der Waals surface area contributed by atoms with Crippen LogP contribution in [-0.4, -0.2) is 23.8 Å². The Labute approximate surface area is 100 Å². The number of rotatable bonds is 2. The molecule has 1 aliphatic heterocycles. The van der Waals surface area contributed by atoms with Crippen LogP contribution in [0, 0.1) is 0 Å². The number of hydrogen-bond donors (Lipinski definition) is 1. The van der Waals surface area contributed by atoms with Gasteiger partial charge in [-0.2, -0.15) is 0 Å². The first-order valence-electron chi connectivity index (χ1n) is 6.92. The molecule has 16 heavy (non-hydrogen) atoms. The zero-order valence-electron chi connectivity index (χ0n) is 11.1. The van der Waals surface area contributed by atoms with Crippen molar-refractivity contribution in [3.8, 4) is 0 Å². The summed E-state index contributed by atoms with van der Waals surface area (Å²) in [7, 11) is 0. The van der Waals surface area contributed by atoms with Crippen molar-refractivity contribution in [1.29, 1.82) is 0 Å². The Morgan fingerprint density at radius 2 is 1.81 bits per heavy atom. The van der Waals surface area contributed by atoms with E-state index in [0.717, 1.165) is 6.54 Å². The smallest absolute Gasteiger partial charge is 0.0708 e. The fraction of sp³-hybridized carbons (Fsp3) is 1.00. The minimum Gasteiger partial charge on any atom is -0.370 e. The van der Waals surface area contributed by atoms with Crippen molar-refractivity contribution >= 4 is 0 Å². The average molecular weight is 225 g/mol. The minimum atomic E-state index is 0.214. The highest BCUT2D eigenvalue weighted by molar-refractivity contribution is 4.92. The van der Waals surface area contributed by atoms with E-state index in [9.17, 15) is 0 Å². The summed E-state index contributed by atoms with van der Waals surface area (Å²) in [4.78, 5) is 0. The van der Waals surface area contributed by atoms with E-state index in [1.54, 1.807) is 0 Å². The molecule has 0 amide bonds.